The van der Waals surface area contributed by atoms with Gasteiger partial charge in [0.25, 0.3) is 5.91 Å². The molecular weight excluding hydrogens is 484 g/mol. The lowest BCUT2D eigenvalue weighted by Gasteiger charge is -2.48. The second-order valence-electron chi connectivity index (χ2n) is 8.48. The molecule has 1 aromatic heterocycles. The third kappa shape index (κ3) is 5.49. The van der Waals surface area contributed by atoms with Crippen LogP contribution < -0.4 is 5.32 Å². The molecule has 8 nitrogen and oxygen atoms in total. The Bertz CT molecular complexity index is 1170. The van der Waals surface area contributed by atoms with E-state index in [2.05, 4.69) is 10.3 Å². The topological polar surface area (TPSA) is 97.8 Å². The number of nitrogens with zero attached hydrogens (tertiary/aromatic N) is 2. The summed E-state index contributed by atoms with van der Waals surface area (Å²) < 4.78 is 40.3. The maximum absolute atomic E-state index is 16.0. The second kappa shape index (κ2) is 9.71. The molecule has 1 unspecified atom stereocenters. The summed E-state index contributed by atoms with van der Waals surface area (Å²) >= 11 is 5.81. The van der Waals surface area contributed by atoms with E-state index in [0.717, 1.165) is 34.7 Å². The summed E-state index contributed by atoms with van der Waals surface area (Å²) in [6.07, 6.45) is 2.59. The number of nitrogens with one attached hydrogen (secondary N) is 1. The molecule has 4 rings (SSSR count). The molecular formula is C24H22ClF2N3O5. The first kappa shape index (κ1) is 24.7. The number of hydrogen-bond donors (Lipinski definition) is 1. The Balaban J connectivity index is 1.58. The summed E-state index contributed by atoms with van der Waals surface area (Å²) in [5.74, 6) is -5.80. The molecule has 35 heavy (non-hydrogen) atoms. The molecule has 3 heterocycles. The van der Waals surface area contributed by atoms with Crippen molar-refractivity contribution in [3.05, 3.63) is 76.3 Å². The zero-order valence-electron chi connectivity index (χ0n) is 18.7. The van der Waals surface area contributed by atoms with Crippen molar-refractivity contribution in [2.75, 3.05) is 13.1 Å². The van der Waals surface area contributed by atoms with Crippen LogP contribution in [0.2, 0.25) is 5.02 Å². The van der Waals surface area contributed by atoms with Gasteiger partial charge in [-0.1, -0.05) is 17.7 Å². The fourth-order valence-electron chi connectivity index (χ4n) is 4.00. The molecule has 1 atom stereocenters. The predicted octanol–water partition coefficient (Wildman–Crippen LogP) is 3.23. The number of amides is 1. The van der Waals surface area contributed by atoms with Crippen LogP contribution in [0.1, 0.15) is 34.5 Å². The van der Waals surface area contributed by atoms with E-state index in [1.807, 2.05) is 19.1 Å². The van der Waals surface area contributed by atoms with Crippen molar-refractivity contribution < 1.29 is 32.6 Å². The maximum Gasteiger partial charge on any atom is 0.348 e. The van der Waals surface area contributed by atoms with Crippen LogP contribution in [-0.4, -0.2) is 52.4 Å². The Morgan fingerprint density at radius 2 is 1.91 bits per heavy atom. The number of rotatable bonds is 5. The van der Waals surface area contributed by atoms with Crippen LogP contribution in [0.5, 0.6) is 0 Å². The molecule has 1 saturated heterocycles. The van der Waals surface area contributed by atoms with Gasteiger partial charge >= 0.3 is 17.8 Å². The summed E-state index contributed by atoms with van der Waals surface area (Å²) in [6.45, 7) is 1.74. The Labute approximate surface area is 204 Å². The number of hydrogen-bond acceptors (Lipinski definition) is 7. The van der Waals surface area contributed by atoms with Gasteiger partial charge in [-0.15, -0.1) is 0 Å². The first-order chi connectivity index (χ1) is 16.6. The van der Waals surface area contributed by atoms with E-state index < -0.39 is 41.7 Å². The number of esters is 2. The van der Waals surface area contributed by atoms with Crippen molar-refractivity contribution in [1.29, 1.82) is 0 Å². The highest BCUT2D eigenvalue weighted by Crippen LogP contribution is 2.41. The number of carbonyl (C=O) groups is 3. The molecule has 1 aromatic carbocycles. The number of piperidine rings is 1. The van der Waals surface area contributed by atoms with Gasteiger partial charge in [-0.3, -0.25) is 14.7 Å². The predicted molar refractivity (Wildman–Crippen MR) is 120 cm³/mol. The SMILES string of the molecule is Cc1ccc(CNCC2(F)CCN(C(=O)c3ccc(F)c(Cl)c3)C3(C2)OC(=O)C=CC(=O)O3)nc1. The minimum atomic E-state index is -2.34. The Morgan fingerprint density at radius 1 is 1.20 bits per heavy atom. The normalized spacial score (nSPS) is 21.4. The summed E-state index contributed by atoms with van der Waals surface area (Å²) in [4.78, 5) is 43.0. The Kier molecular flexibility index (Phi) is 6.86. The number of halogens is 3. The average molecular weight is 506 g/mol. The molecule has 0 saturated carbocycles. The Morgan fingerprint density at radius 3 is 2.54 bits per heavy atom. The van der Waals surface area contributed by atoms with E-state index in [-0.39, 0.29) is 36.6 Å². The average Bonchev–Trinajstić information content (AvgIpc) is 2.94. The van der Waals surface area contributed by atoms with Gasteiger partial charge in [0, 0.05) is 50.0 Å². The van der Waals surface area contributed by atoms with Gasteiger partial charge in [0.1, 0.15) is 11.5 Å². The number of carbonyl (C=O) groups excluding carboxylic acids is 3. The van der Waals surface area contributed by atoms with E-state index in [9.17, 15) is 18.8 Å². The van der Waals surface area contributed by atoms with Gasteiger partial charge in [0.2, 0.25) is 0 Å². The lowest BCUT2D eigenvalue weighted by Crippen LogP contribution is -2.65. The van der Waals surface area contributed by atoms with Gasteiger partial charge in [-0.25, -0.2) is 18.4 Å². The molecule has 1 N–H and O–H groups in total. The molecule has 1 spiro atoms. The molecule has 0 bridgehead atoms. The monoisotopic (exact) mass is 505 g/mol. The lowest BCUT2D eigenvalue weighted by molar-refractivity contribution is -0.294. The highest BCUT2D eigenvalue weighted by molar-refractivity contribution is 6.31. The number of benzene rings is 1. The van der Waals surface area contributed by atoms with Gasteiger partial charge in [-0.2, -0.15) is 0 Å². The van der Waals surface area contributed by atoms with Crippen LogP contribution in [0.25, 0.3) is 0 Å². The molecule has 1 fully saturated rings. The number of aromatic nitrogens is 1. The van der Waals surface area contributed by atoms with E-state index in [0.29, 0.717) is 5.69 Å². The largest absolute Gasteiger partial charge is 0.400 e. The summed E-state index contributed by atoms with van der Waals surface area (Å²) in [5.41, 5.74) is -0.365. The lowest BCUT2D eigenvalue weighted by atomic mass is 9.89. The molecule has 184 valence electrons. The smallest absolute Gasteiger partial charge is 0.348 e. The van der Waals surface area contributed by atoms with Gasteiger partial charge in [0.15, 0.2) is 0 Å². The first-order valence-corrected chi connectivity index (χ1v) is 11.2. The quantitative estimate of drug-likeness (QED) is 0.623. The Hall–Kier alpha value is -3.37. The van der Waals surface area contributed by atoms with Crippen LogP contribution >= 0.6 is 11.6 Å². The van der Waals surface area contributed by atoms with E-state index in [1.165, 1.54) is 6.07 Å². The highest BCUT2D eigenvalue weighted by Gasteiger charge is 2.57. The maximum atomic E-state index is 16.0. The van der Waals surface area contributed by atoms with Crippen LogP contribution in [0.4, 0.5) is 8.78 Å². The third-order valence-electron chi connectivity index (χ3n) is 5.74. The fourth-order valence-corrected chi connectivity index (χ4v) is 4.18. The van der Waals surface area contributed by atoms with E-state index in [1.54, 1.807) is 6.20 Å². The number of pyridine rings is 1. The van der Waals surface area contributed by atoms with Crippen molar-refractivity contribution in [3.63, 3.8) is 0 Å². The van der Waals surface area contributed by atoms with Crippen LogP contribution in [0.3, 0.4) is 0 Å². The van der Waals surface area contributed by atoms with E-state index in [4.69, 9.17) is 21.1 Å². The molecule has 0 radical (unpaired) electrons. The summed E-state index contributed by atoms with van der Waals surface area (Å²) in [5, 5.41) is 2.69. The van der Waals surface area contributed by atoms with Gasteiger partial charge < -0.3 is 14.8 Å². The number of ether oxygens (including phenoxy) is 2. The van der Waals surface area contributed by atoms with Gasteiger partial charge in [0.05, 0.1) is 17.1 Å². The molecule has 2 aliphatic rings. The first-order valence-electron chi connectivity index (χ1n) is 10.8. The van der Waals surface area contributed by atoms with Crippen molar-refractivity contribution in [1.82, 2.24) is 15.2 Å². The number of alkyl halides is 1. The van der Waals surface area contributed by atoms with Crippen molar-refractivity contribution in [3.8, 4) is 0 Å². The highest BCUT2D eigenvalue weighted by atomic mass is 35.5. The summed E-state index contributed by atoms with van der Waals surface area (Å²) in [6, 6.07) is 6.97. The fraction of sp³-hybridized carbons (Fsp3) is 0.333. The zero-order chi connectivity index (χ0) is 25.2. The number of likely N-dealkylation sites (tertiary alicyclic amines) is 1. The van der Waals surface area contributed by atoms with Crippen LogP contribution in [0, 0.1) is 12.7 Å². The molecule has 0 aliphatic carbocycles. The molecule has 1 amide bonds. The number of aryl methyl sites for hydroxylation is 1. The van der Waals surface area contributed by atoms with Crippen LogP contribution in [-0.2, 0) is 25.6 Å². The molecule has 11 heteroatoms. The minimum absolute atomic E-state index is 0.0463. The van der Waals surface area contributed by atoms with E-state index >= 15 is 4.39 Å². The standard InChI is InChI=1S/C24H22ClF2N3O5/c1-15-2-4-17(29-11-15)12-28-14-23(27)8-9-30(22(33)16-3-5-19(26)18(25)10-16)24(13-23)34-20(31)6-7-21(32)35-24/h2-7,10-11,28H,8-9,12-14H2,1H3. The third-order valence-corrected chi connectivity index (χ3v) is 6.03. The molecule has 2 aliphatic heterocycles. The van der Waals surface area contributed by atoms with Crippen molar-refractivity contribution in [2.24, 2.45) is 0 Å². The van der Waals surface area contributed by atoms with Gasteiger partial charge in [-0.05, 0) is 36.8 Å². The van der Waals surface area contributed by atoms with Crippen molar-refractivity contribution in [2.45, 2.75) is 37.9 Å². The minimum Gasteiger partial charge on any atom is -0.400 e. The zero-order valence-corrected chi connectivity index (χ0v) is 19.5. The van der Waals surface area contributed by atoms with Crippen LogP contribution in [0.15, 0.2) is 48.7 Å². The van der Waals surface area contributed by atoms with Crippen molar-refractivity contribution >= 4 is 29.4 Å². The second-order valence-corrected chi connectivity index (χ2v) is 8.89. The summed E-state index contributed by atoms with van der Waals surface area (Å²) in [7, 11) is 0. The molecule has 2 aromatic rings.